The van der Waals surface area contributed by atoms with Crippen molar-refractivity contribution in [3.05, 3.63) is 48.4 Å². The van der Waals surface area contributed by atoms with Crippen LogP contribution in [0, 0.1) is 0 Å². The number of hydrogen-bond acceptors (Lipinski definition) is 6. The highest BCUT2D eigenvalue weighted by atomic mass is 15.6. The molecule has 0 radical (unpaired) electrons. The zero-order valence-electron chi connectivity index (χ0n) is 10.0. The molecular weight excluding hydrogens is 242 g/mol. The number of benzene rings is 1. The zero-order chi connectivity index (χ0) is 13.1. The minimum Gasteiger partial charge on any atom is -0.325 e. The Morgan fingerprint density at radius 3 is 2.58 bits per heavy atom. The monoisotopic (exact) mass is 253 g/mol. The average Bonchev–Trinajstić information content (AvgIpc) is 2.98. The SMILES string of the molecule is NCc1cnc(-n2nnc(-c3ccccc3)n2)cn1. The summed E-state index contributed by atoms with van der Waals surface area (Å²) in [7, 11) is 0. The van der Waals surface area contributed by atoms with Crippen molar-refractivity contribution in [1.82, 2.24) is 30.2 Å². The van der Waals surface area contributed by atoms with E-state index in [0.29, 0.717) is 23.9 Å². The maximum Gasteiger partial charge on any atom is 0.205 e. The van der Waals surface area contributed by atoms with Crippen LogP contribution in [-0.4, -0.2) is 30.2 Å². The lowest BCUT2D eigenvalue weighted by Gasteiger charge is -1.98. The summed E-state index contributed by atoms with van der Waals surface area (Å²) in [4.78, 5) is 9.66. The van der Waals surface area contributed by atoms with E-state index in [4.69, 9.17) is 5.73 Å². The second-order valence-electron chi connectivity index (χ2n) is 3.84. The first-order chi connectivity index (χ1) is 9.36. The van der Waals surface area contributed by atoms with Gasteiger partial charge in [-0.3, -0.25) is 4.98 Å². The first-order valence-electron chi connectivity index (χ1n) is 5.73. The van der Waals surface area contributed by atoms with Crippen LogP contribution in [-0.2, 0) is 6.54 Å². The normalized spacial score (nSPS) is 10.6. The molecule has 3 aromatic rings. The Labute approximate surface area is 109 Å². The van der Waals surface area contributed by atoms with Gasteiger partial charge in [0, 0.05) is 12.1 Å². The summed E-state index contributed by atoms with van der Waals surface area (Å²) in [6.07, 6.45) is 3.17. The molecule has 0 amide bonds. The van der Waals surface area contributed by atoms with E-state index in [1.807, 2.05) is 30.3 Å². The quantitative estimate of drug-likeness (QED) is 0.733. The molecule has 0 spiro atoms. The molecule has 0 aliphatic carbocycles. The predicted octanol–water partition coefficient (Wildman–Crippen LogP) is 0.578. The van der Waals surface area contributed by atoms with E-state index in [1.165, 1.54) is 4.80 Å². The van der Waals surface area contributed by atoms with Crippen molar-refractivity contribution in [1.29, 1.82) is 0 Å². The fraction of sp³-hybridized carbons (Fsp3) is 0.0833. The van der Waals surface area contributed by atoms with E-state index in [9.17, 15) is 0 Å². The third-order valence-electron chi connectivity index (χ3n) is 2.55. The summed E-state index contributed by atoms with van der Waals surface area (Å²) in [5.41, 5.74) is 7.08. The summed E-state index contributed by atoms with van der Waals surface area (Å²) < 4.78 is 0. The van der Waals surface area contributed by atoms with Gasteiger partial charge in [-0.1, -0.05) is 30.3 Å². The molecule has 0 atom stereocenters. The Balaban J connectivity index is 1.92. The Morgan fingerprint density at radius 2 is 1.89 bits per heavy atom. The molecule has 2 heterocycles. The predicted molar refractivity (Wildman–Crippen MR) is 68.1 cm³/mol. The van der Waals surface area contributed by atoms with Gasteiger partial charge in [-0.2, -0.15) is 0 Å². The number of hydrogen-bond donors (Lipinski definition) is 1. The van der Waals surface area contributed by atoms with Crippen LogP contribution in [0.4, 0.5) is 0 Å². The minimum absolute atomic E-state index is 0.354. The van der Waals surface area contributed by atoms with Gasteiger partial charge in [0.1, 0.15) is 0 Å². The molecule has 0 unspecified atom stereocenters. The van der Waals surface area contributed by atoms with E-state index < -0.39 is 0 Å². The average molecular weight is 253 g/mol. The highest BCUT2D eigenvalue weighted by molar-refractivity contribution is 5.53. The third kappa shape index (κ3) is 2.31. The molecule has 19 heavy (non-hydrogen) atoms. The zero-order valence-corrected chi connectivity index (χ0v) is 10.0. The molecule has 0 saturated heterocycles. The topological polar surface area (TPSA) is 95.4 Å². The smallest absolute Gasteiger partial charge is 0.205 e. The summed E-state index contributed by atoms with van der Waals surface area (Å²) in [6, 6.07) is 9.62. The third-order valence-corrected chi connectivity index (χ3v) is 2.55. The maximum absolute atomic E-state index is 5.47. The van der Waals surface area contributed by atoms with E-state index in [0.717, 1.165) is 5.56 Å². The minimum atomic E-state index is 0.354. The van der Waals surface area contributed by atoms with Gasteiger partial charge >= 0.3 is 0 Å². The second kappa shape index (κ2) is 4.91. The number of aromatic nitrogens is 6. The van der Waals surface area contributed by atoms with Crippen molar-refractivity contribution in [2.24, 2.45) is 5.73 Å². The van der Waals surface area contributed by atoms with Crippen LogP contribution < -0.4 is 5.73 Å². The van der Waals surface area contributed by atoms with Gasteiger partial charge < -0.3 is 5.73 Å². The second-order valence-corrected chi connectivity index (χ2v) is 3.84. The van der Waals surface area contributed by atoms with Crippen LogP contribution in [0.1, 0.15) is 5.69 Å². The number of nitrogens with zero attached hydrogens (tertiary/aromatic N) is 6. The van der Waals surface area contributed by atoms with Crippen molar-refractivity contribution in [2.75, 3.05) is 0 Å². The molecule has 2 N–H and O–H groups in total. The molecule has 0 aliphatic rings. The molecule has 2 aromatic heterocycles. The summed E-state index contributed by atoms with van der Waals surface area (Å²) in [5, 5.41) is 12.2. The van der Waals surface area contributed by atoms with Gasteiger partial charge in [0.15, 0.2) is 5.82 Å². The van der Waals surface area contributed by atoms with Crippen molar-refractivity contribution < 1.29 is 0 Å². The van der Waals surface area contributed by atoms with E-state index in [-0.39, 0.29) is 0 Å². The van der Waals surface area contributed by atoms with Gasteiger partial charge in [-0.15, -0.1) is 15.0 Å². The van der Waals surface area contributed by atoms with Crippen molar-refractivity contribution in [3.8, 4) is 17.2 Å². The van der Waals surface area contributed by atoms with Crippen LogP contribution in [0.15, 0.2) is 42.7 Å². The fourth-order valence-corrected chi connectivity index (χ4v) is 1.57. The Bertz CT molecular complexity index is 660. The van der Waals surface area contributed by atoms with Crippen LogP contribution in [0.2, 0.25) is 0 Å². The van der Waals surface area contributed by atoms with Crippen LogP contribution in [0.25, 0.3) is 17.2 Å². The van der Waals surface area contributed by atoms with Gasteiger partial charge in [0.25, 0.3) is 0 Å². The number of tetrazole rings is 1. The molecule has 1 aromatic carbocycles. The number of rotatable bonds is 3. The molecule has 0 bridgehead atoms. The van der Waals surface area contributed by atoms with Crippen LogP contribution in [0.3, 0.4) is 0 Å². The standard InChI is InChI=1S/C12H11N7/c13-6-10-7-15-11(8-14-10)19-17-12(16-18-19)9-4-2-1-3-5-9/h1-5,7-8H,6,13H2. The van der Waals surface area contributed by atoms with Crippen LogP contribution >= 0.6 is 0 Å². The Kier molecular flexibility index (Phi) is 2.95. The molecule has 0 aliphatic heterocycles. The first-order valence-corrected chi connectivity index (χ1v) is 5.73. The lowest BCUT2D eigenvalue weighted by atomic mass is 10.2. The highest BCUT2D eigenvalue weighted by Crippen LogP contribution is 2.12. The fourth-order valence-electron chi connectivity index (χ4n) is 1.57. The summed E-state index contributed by atoms with van der Waals surface area (Å²) >= 11 is 0. The molecule has 0 saturated carbocycles. The van der Waals surface area contributed by atoms with Gasteiger partial charge in [-0.25, -0.2) is 4.98 Å². The number of nitrogens with two attached hydrogens (primary N) is 1. The highest BCUT2D eigenvalue weighted by Gasteiger charge is 2.07. The van der Waals surface area contributed by atoms with Crippen molar-refractivity contribution in [2.45, 2.75) is 6.54 Å². The Hall–Kier alpha value is -2.67. The van der Waals surface area contributed by atoms with Gasteiger partial charge in [-0.05, 0) is 5.21 Å². The largest absolute Gasteiger partial charge is 0.325 e. The lowest BCUT2D eigenvalue weighted by molar-refractivity contribution is 0.694. The molecule has 7 nitrogen and oxygen atoms in total. The lowest BCUT2D eigenvalue weighted by Crippen LogP contribution is -2.06. The summed E-state index contributed by atoms with van der Waals surface area (Å²) in [5.74, 6) is 1.05. The van der Waals surface area contributed by atoms with Gasteiger partial charge in [0.05, 0.1) is 18.1 Å². The molecular formula is C12H11N7. The van der Waals surface area contributed by atoms with E-state index in [1.54, 1.807) is 12.4 Å². The molecule has 3 rings (SSSR count). The van der Waals surface area contributed by atoms with E-state index in [2.05, 4.69) is 25.4 Å². The molecule has 0 fully saturated rings. The molecule has 94 valence electrons. The molecule has 7 heteroatoms. The van der Waals surface area contributed by atoms with Gasteiger partial charge in [0.2, 0.25) is 5.82 Å². The summed E-state index contributed by atoms with van der Waals surface area (Å²) in [6.45, 7) is 0.354. The van der Waals surface area contributed by atoms with Crippen LogP contribution in [0.5, 0.6) is 0 Å². The maximum atomic E-state index is 5.47. The van der Waals surface area contributed by atoms with E-state index >= 15 is 0 Å². The Morgan fingerprint density at radius 1 is 1.05 bits per heavy atom. The van der Waals surface area contributed by atoms with Crippen molar-refractivity contribution >= 4 is 0 Å². The first kappa shape index (κ1) is 11.4. The van der Waals surface area contributed by atoms with Crippen molar-refractivity contribution in [3.63, 3.8) is 0 Å².